The summed E-state index contributed by atoms with van der Waals surface area (Å²) in [6.07, 6.45) is 4.56. The molecule has 0 atom stereocenters. The van der Waals surface area contributed by atoms with Crippen LogP contribution in [0, 0.1) is 5.82 Å². The van der Waals surface area contributed by atoms with Crippen LogP contribution in [0.25, 0.3) is 6.08 Å². The van der Waals surface area contributed by atoms with Crippen molar-refractivity contribution in [2.45, 2.75) is 6.42 Å². The quantitative estimate of drug-likeness (QED) is 0.758. The van der Waals surface area contributed by atoms with Crippen LogP contribution in [0.1, 0.15) is 12.0 Å². The summed E-state index contributed by atoms with van der Waals surface area (Å²) in [5.41, 5.74) is 0.561. The summed E-state index contributed by atoms with van der Waals surface area (Å²) >= 11 is 5.66. The fraction of sp³-hybridized carbons (Fsp3) is 0.385. The summed E-state index contributed by atoms with van der Waals surface area (Å²) < 4.78 is 18.3. The molecule has 0 bridgehead atoms. The van der Waals surface area contributed by atoms with Gasteiger partial charge in [-0.1, -0.05) is 29.8 Å². The van der Waals surface area contributed by atoms with Gasteiger partial charge in [-0.3, -0.25) is 0 Å². The van der Waals surface area contributed by atoms with Gasteiger partial charge in [-0.25, -0.2) is 4.39 Å². The summed E-state index contributed by atoms with van der Waals surface area (Å²) in [6, 6.07) is 4.67. The second-order valence-electron chi connectivity index (χ2n) is 3.60. The summed E-state index contributed by atoms with van der Waals surface area (Å²) in [4.78, 5) is 0. The molecule has 17 heavy (non-hydrogen) atoms. The van der Waals surface area contributed by atoms with Crippen molar-refractivity contribution in [1.29, 1.82) is 0 Å². The Hall–Kier alpha value is -0.900. The van der Waals surface area contributed by atoms with Crippen LogP contribution in [-0.2, 0) is 4.74 Å². The molecule has 0 spiro atoms. The number of benzene rings is 1. The third-order valence-electron chi connectivity index (χ3n) is 2.23. The SMILES string of the molecule is COCCNCCC=Cc1ccc(Cl)cc1F. The third-order valence-corrected chi connectivity index (χ3v) is 2.47. The number of nitrogens with one attached hydrogen (secondary N) is 1. The highest BCUT2D eigenvalue weighted by molar-refractivity contribution is 6.30. The minimum absolute atomic E-state index is 0.291. The van der Waals surface area contributed by atoms with Gasteiger partial charge >= 0.3 is 0 Å². The highest BCUT2D eigenvalue weighted by Gasteiger charge is 1.98. The van der Waals surface area contributed by atoms with Crippen LogP contribution in [-0.4, -0.2) is 26.8 Å². The number of hydrogen-bond donors (Lipinski definition) is 1. The van der Waals surface area contributed by atoms with E-state index in [0.717, 1.165) is 19.5 Å². The van der Waals surface area contributed by atoms with Gasteiger partial charge in [-0.15, -0.1) is 0 Å². The maximum atomic E-state index is 13.4. The first kappa shape index (κ1) is 14.2. The molecule has 0 saturated heterocycles. The first-order valence-electron chi connectivity index (χ1n) is 5.55. The van der Waals surface area contributed by atoms with Crippen LogP contribution in [0.15, 0.2) is 24.3 Å². The van der Waals surface area contributed by atoms with E-state index in [1.165, 1.54) is 6.07 Å². The average molecular weight is 258 g/mol. The number of rotatable bonds is 7. The zero-order chi connectivity index (χ0) is 12.5. The van der Waals surface area contributed by atoms with E-state index in [0.29, 0.717) is 17.2 Å². The van der Waals surface area contributed by atoms with Gasteiger partial charge in [0.2, 0.25) is 0 Å². The van der Waals surface area contributed by atoms with E-state index in [1.54, 1.807) is 25.3 Å². The van der Waals surface area contributed by atoms with Crippen molar-refractivity contribution in [3.63, 3.8) is 0 Å². The molecule has 1 aromatic rings. The van der Waals surface area contributed by atoms with E-state index in [9.17, 15) is 4.39 Å². The molecule has 0 unspecified atom stereocenters. The Kier molecular flexibility index (Phi) is 6.86. The van der Waals surface area contributed by atoms with Crippen LogP contribution in [0.3, 0.4) is 0 Å². The first-order chi connectivity index (χ1) is 8.24. The van der Waals surface area contributed by atoms with Gasteiger partial charge in [0.1, 0.15) is 5.82 Å². The van der Waals surface area contributed by atoms with Crippen molar-refractivity contribution in [2.24, 2.45) is 0 Å². The monoisotopic (exact) mass is 257 g/mol. The molecule has 0 radical (unpaired) electrons. The number of halogens is 2. The summed E-state index contributed by atoms with van der Waals surface area (Å²) in [7, 11) is 1.67. The molecule has 1 aromatic carbocycles. The van der Waals surface area contributed by atoms with E-state index in [2.05, 4.69) is 5.32 Å². The molecule has 94 valence electrons. The smallest absolute Gasteiger partial charge is 0.131 e. The second-order valence-corrected chi connectivity index (χ2v) is 4.04. The fourth-order valence-corrected chi connectivity index (χ4v) is 1.49. The number of methoxy groups -OCH3 is 1. The molecular formula is C13H17ClFNO. The van der Waals surface area contributed by atoms with Crippen LogP contribution in [0.2, 0.25) is 5.02 Å². The molecular weight excluding hydrogens is 241 g/mol. The van der Waals surface area contributed by atoms with E-state index < -0.39 is 0 Å². The highest BCUT2D eigenvalue weighted by atomic mass is 35.5. The number of hydrogen-bond acceptors (Lipinski definition) is 2. The van der Waals surface area contributed by atoms with Crippen molar-refractivity contribution in [2.75, 3.05) is 26.8 Å². The van der Waals surface area contributed by atoms with Crippen molar-refractivity contribution >= 4 is 17.7 Å². The highest BCUT2D eigenvalue weighted by Crippen LogP contribution is 2.15. The van der Waals surface area contributed by atoms with Gasteiger partial charge in [0.15, 0.2) is 0 Å². The van der Waals surface area contributed by atoms with E-state index in [1.807, 2.05) is 6.08 Å². The van der Waals surface area contributed by atoms with Crippen LogP contribution < -0.4 is 5.32 Å². The van der Waals surface area contributed by atoms with Gasteiger partial charge in [0.25, 0.3) is 0 Å². The lowest BCUT2D eigenvalue weighted by Gasteiger charge is -2.01. The van der Waals surface area contributed by atoms with E-state index in [-0.39, 0.29) is 5.82 Å². The van der Waals surface area contributed by atoms with Gasteiger partial charge in [0.05, 0.1) is 6.61 Å². The van der Waals surface area contributed by atoms with Crippen LogP contribution in [0.5, 0.6) is 0 Å². The zero-order valence-electron chi connectivity index (χ0n) is 9.88. The largest absolute Gasteiger partial charge is 0.383 e. The normalized spacial score (nSPS) is 11.2. The molecule has 1 rings (SSSR count). The molecule has 0 aliphatic rings. The van der Waals surface area contributed by atoms with Gasteiger partial charge in [0, 0.05) is 24.2 Å². The topological polar surface area (TPSA) is 21.3 Å². The minimum atomic E-state index is -0.291. The maximum Gasteiger partial charge on any atom is 0.131 e. The Morgan fingerprint density at radius 1 is 1.41 bits per heavy atom. The standard InChI is InChI=1S/C13H17ClFNO/c1-17-9-8-16-7-3-2-4-11-5-6-12(14)10-13(11)15/h2,4-6,10,16H,3,7-9H2,1H3. The lowest BCUT2D eigenvalue weighted by atomic mass is 10.2. The number of ether oxygens (including phenoxy) is 1. The summed E-state index contributed by atoms with van der Waals surface area (Å²) in [5.74, 6) is -0.291. The summed E-state index contributed by atoms with van der Waals surface area (Å²) in [5, 5.41) is 3.62. The molecule has 0 aromatic heterocycles. The van der Waals surface area contributed by atoms with Crippen LogP contribution in [0.4, 0.5) is 4.39 Å². The molecule has 0 aliphatic heterocycles. The van der Waals surface area contributed by atoms with Crippen molar-refractivity contribution in [3.05, 3.63) is 40.7 Å². The second kappa shape index (κ2) is 8.23. The lowest BCUT2D eigenvalue weighted by molar-refractivity contribution is 0.199. The third kappa shape index (κ3) is 5.82. The summed E-state index contributed by atoms with van der Waals surface area (Å²) in [6.45, 7) is 2.39. The molecule has 2 nitrogen and oxygen atoms in total. The minimum Gasteiger partial charge on any atom is -0.383 e. The molecule has 0 saturated carbocycles. The van der Waals surface area contributed by atoms with Gasteiger partial charge < -0.3 is 10.1 Å². The Morgan fingerprint density at radius 3 is 2.94 bits per heavy atom. The predicted molar refractivity (Wildman–Crippen MR) is 69.8 cm³/mol. The van der Waals surface area contributed by atoms with E-state index in [4.69, 9.17) is 16.3 Å². The van der Waals surface area contributed by atoms with Crippen molar-refractivity contribution in [1.82, 2.24) is 5.32 Å². The van der Waals surface area contributed by atoms with E-state index >= 15 is 0 Å². The zero-order valence-corrected chi connectivity index (χ0v) is 10.6. The Balaban J connectivity index is 2.28. The van der Waals surface area contributed by atoms with Gasteiger partial charge in [-0.05, 0) is 25.1 Å². The van der Waals surface area contributed by atoms with Crippen LogP contribution >= 0.6 is 11.6 Å². The fourth-order valence-electron chi connectivity index (χ4n) is 1.33. The molecule has 0 fully saturated rings. The molecule has 1 N–H and O–H groups in total. The maximum absolute atomic E-state index is 13.4. The lowest BCUT2D eigenvalue weighted by Crippen LogP contribution is -2.19. The predicted octanol–water partition coefficient (Wildman–Crippen LogP) is 3.12. The molecule has 0 heterocycles. The first-order valence-corrected chi connectivity index (χ1v) is 5.93. The molecule has 0 amide bonds. The Morgan fingerprint density at radius 2 is 2.24 bits per heavy atom. The molecule has 0 aliphatic carbocycles. The average Bonchev–Trinajstić information content (AvgIpc) is 2.30. The van der Waals surface area contributed by atoms with Crippen molar-refractivity contribution < 1.29 is 9.13 Å². The Bertz CT molecular complexity index is 368. The Labute approximate surface area is 106 Å². The molecule has 4 heteroatoms. The van der Waals surface area contributed by atoms with Crippen molar-refractivity contribution in [3.8, 4) is 0 Å². The van der Waals surface area contributed by atoms with Gasteiger partial charge in [-0.2, -0.15) is 0 Å².